The Morgan fingerprint density at radius 2 is 2.00 bits per heavy atom. The number of carbonyl (C=O) groups excluding carboxylic acids is 2. The number of amides is 1. The highest BCUT2D eigenvalue weighted by Crippen LogP contribution is 2.24. The molecular weight excluding hydrogens is 381 g/mol. The van der Waals surface area contributed by atoms with Gasteiger partial charge in [0.2, 0.25) is 0 Å². The van der Waals surface area contributed by atoms with Crippen molar-refractivity contribution in [2.24, 2.45) is 0 Å². The second-order valence-electron chi connectivity index (χ2n) is 6.13. The zero-order valence-corrected chi connectivity index (χ0v) is 15.9. The van der Waals surface area contributed by atoms with Gasteiger partial charge < -0.3 is 9.26 Å². The first-order chi connectivity index (χ1) is 12.2. The van der Waals surface area contributed by atoms with Crippen LogP contribution in [0.2, 0.25) is 0 Å². The van der Waals surface area contributed by atoms with E-state index in [-0.39, 0.29) is 0 Å². The quantitative estimate of drug-likeness (QED) is 0.434. The van der Waals surface area contributed by atoms with Crippen LogP contribution in [0.5, 0.6) is 0 Å². The first-order valence-electron chi connectivity index (χ1n) is 7.57. The molecule has 0 saturated carbocycles. The van der Waals surface area contributed by atoms with Gasteiger partial charge in [0.25, 0.3) is 5.91 Å². The Morgan fingerprint density at radius 3 is 2.58 bits per heavy atom. The van der Waals surface area contributed by atoms with E-state index in [0.29, 0.717) is 17.1 Å². The lowest BCUT2D eigenvalue weighted by Gasteiger charge is -2.21. The molecule has 0 fully saturated rings. The maximum Gasteiger partial charge on any atom is 0.332 e. The SMILES string of the molecule is CC(C)(C)OC(=O)/C=C/N(C(=O)C(Cl)Cl)c1ccnc(-c2ccno2)c1. The van der Waals surface area contributed by atoms with Gasteiger partial charge in [-0.25, -0.2) is 4.79 Å². The van der Waals surface area contributed by atoms with E-state index in [4.69, 9.17) is 32.5 Å². The average Bonchev–Trinajstić information content (AvgIpc) is 3.08. The van der Waals surface area contributed by atoms with Crippen LogP contribution in [-0.2, 0) is 14.3 Å². The van der Waals surface area contributed by atoms with E-state index in [1.54, 1.807) is 39.0 Å². The molecule has 0 aliphatic heterocycles. The van der Waals surface area contributed by atoms with Crippen molar-refractivity contribution < 1.29 is 18.8 Å². The van der Waals surface area contributed by atoms with Gasteiger partial charge in [-0.1, -0.05) is 28.4 Å². The lowest BCUT2D eigenvalue weighted by Crippen LogP contribution is -2.31. The maximum absolute atomic E-state index is 12.3. The molecule has 7 nitrogen and oxygen atoms in total. The summed E-state index contributed by atoms with van der Waals surface area (Å²) in [6.07, 6.45) is 5.32. The van der Waals surface area contributed by atoms with Gasteiger partial charge in [0.1, 0.15) is 11.3 Å². The van der Waals surface area contributed by atoms with E-state index in [0.717, 1.165) is 11.0 Å². The summed E-state index contributed by atoms with van der Waals surface area (Å²) in [5.41, 5.74) is 0.181. The van der Waals surface area contributed by atoms with Crippen LogP contribution in [0.4, 0.5) is 5.69 Å². The molecule has 0 atom stereocenters. The predicted octanol–water partition coefficient (Wildman–Crippen LogP) is 3.73. The number of hydrogen-bond acceptors (Lipinski definition) is 6. The molecule has 26 heavy (non-hydrogen) atoms. The van der Waals surface area contributed by atoms with E-state index in [9.17, 15) is 9.59 Å². The normalized spacial score (nSPS) is 11.8. The number of hydrogen-bond donors (Lipinski definition) is 0. The minimum absolute atomic E-state index is 0.391. The highest BCUT2D eigenvalue weighted by molar-refractivity contribution is 6.54. The molecule has 2 heterocycles. The molecule has 2 aromatic heterocycles. The Hall–Kier alpha value is -2.38. The van der Waals surface area contributed by atoms with Crippen molar-refractivity contribution in [2.75, 3.05) is 4.90 Å². The van der Waals surface area contributed by atoms with Crippen molar-refractivity contribution in [1.82, 2.24) is 10.1 Å². The van der Waals surface area contributed by atoms with E-state index in [1.807, 2.05) is 0 Å². The fourth-order valence-corrected chi connectivity index (χ4v) is 2.13. The number of pyridine rings is 1. The molecule has 0 N–H and O–H groups in total. The van der Waals surface area contributed by atoms with Crippen LogP contribution in [0.25, 0.3) is 11.5 Å². The zero-order chi connectivity index (χ0) is 19.3. The molecule has 2 rings (SSSR count). The van der Waals surface area contributed by atoms with Gasteiger partial charge in [-0.2, -0.15) is 0 Å². The molecular formula is C17H17Cl2N3O4. The van der Waals surface area contributed by atoms with Crippen LogP contribution in [-0.4, -0.2) is 32.5 Å². The van der Waals surface area contributed by atoms with E-state index in [1.165, 1.54) is 18.6 Å². The summed E-state index contributed by atoms with van der Waals surface area (Å²) < 4.78 is 10.2. The van der Waals surface area contributed by atoms with Gasteiger partial charge in [-0.15, -0.1) is 0 Å². The highest BCUT2D eigenvalue weighted by Gasteiger charge is 2.22. The number of nitrogens with zero attached hydrogens (tertiary/aromatic N) is 3. The van der Waals surface area contributed by atoms with Crippen LogP contribution in [0.3, 0.4) is 0 Å². The zero-order valence-electron chi connectivity index (χ0n) is 14.3. The third-order valence-electron chi connectivity index (χ3n) is 2.90. The molecule has 2 aromatic rings. The van der Waals surface area contributed by atoms with Crippen molar-refractivity contribution >= 4 is 40.8 Å². The summed E-state index contributed by atoms with van der Waals surface area (Å²) in [6.45, 7) is 5.21. The number of halogens is 2. The first-order valence-corrected chi connectivity index (χ1v) is 8.44. The molecule has 0 radical (unpaired) electrons. The van der Waals surface area contributed by atoms with Crippen LogP contribution in [0.1, 0.15) is 20.8 Å². The van der Waals surface area contributed by atoms with E-state index < -0.39 is 22.3 Å². The third kappa shape index (κ3) is 5.57. The molecule has 0 unspecified atom stereocenters. The van der Waals surface area contributed by atoms with Gasteiger partial charge in [0.15, 0.2) is 10.6 Å². The number of ether oxygens (including phenoxy) is 1. The average molecular weight is 398 g/mol. The van der Waals surface area contributed by atoms with Gasteiger partial charge in [0, 0.05) is 24.5 Å². The van der Waals surface area contributed by atoms with Gasteiger partial charge >= 0.3 is 5.97 Å². The number of carbonyl (C=O) groups is 2. The van der Waals surface area contributed by atoms with Crippen molar-refractivity contribution in [1.29, 1.82) is 0 Å². The number of alkyl halides is 2. The Kier molecular flexibility index (Phi) is 6.39. The van der Waals surface area contributed by atoms with Gasteiger partial charge in [0.05, 0.1) is 11.9 Å². The van der Waals surface area contributed by atoms with E-state index >= 15 is 0 Å². The van der Waals surface area contributed by atoms with Crippen molar-refractivity contribution in [3.63, 3.8) is 0 Å². The topological polar surface area (TPSA) is 85.5 Å². The van der Waals surface area contributed by atoms with Gasteiger partial charge in [-0.3, -0.25) is 14.7 Å². The Balaban J connectivity index is 2.32. The van der Waals surface area contributed by atoms with Crippen LogP contribution < -0.4 is 4.90 Å². The second-order valence-corrected chi connectivity index (χ2v) is 7.23. The molecule has 0 aliphatic carbocycles. The summed E-state index contributed by atoms with van der Waals surface area (Å²) >= 11 is 11.4. The number of rotatable bonds is 5. The number of anilines is 1. The standard InChI is InChI=1S/C17H17Cl2N3O4/c1-17(2,3)25-14(23)6-9-22(16(24)15(18)19)11-4-7-20-12(10-11)13-5-8-21-26-13/h4-10,15H,1-3H3/b9-6+. The largest absolute Gasteiger partial charge is 0.457 e. The molecule has 1 amide bonds. The Bertz CT molecular complexity index is 799. The molecule has 9 heteroatoms. The molecule has 0 spiro atoms. The summed E-state index contributed by atoms with van der Waals surface area (Å²) in [4.78, 5) is 28.2. The summed E-state index contributed by atoms with van der Waals surface area (Å²) in [5, 5.41) is 3.62. The molecule has 138 valence electrons. The Morgan fingerprint density at radius 1 is 1.27 bits per heavy atom. The minimum atomic E-state index is -1.32. The lowest BCUT2D eigenvalue weighted by atomic mass is 10.2. The minimum Gasteiger partial charge on any atom is -0.457 e. The number of aromatic nitrogens is 2. The smallest absolute Gasteiger partial charge is 0.332 e. The molecule has 0 aromatic carbocycles. The summed E-state index contributed by atoms with van der Waals surface area (Å²) in [6, 6.07) is 4.77. The van der Waals surface area contributed by atoms with Crippen LogP contribution in [0, 0.1) is 0 Å². The first kappa shape index (κ1) is 19.9. The summed E-state index contributed by atoms with van der Waals surface area (Å²) in [7, 11) is 0. The molecule has 0 aliphatic rings. The van der Waals surface area contributed by atoms with E-state index in [2.05, 4.69) is 10.1 Å². The van der Waals surface area contributed by atoms with Crippen molar-refractivity contribution in [2.45, 2.75) is 31.2 Å². The number of esters is 1. The fourth-order valence-electron chi connectivity index (χ4n) is 1.91. The second kappa shape index (κ2) is 8.33. The van der Waals surface area contributed by atoms with Crippen LogP contribution >= 0.6 is 23.2 Å². The molecule has 0 bridgehead atoms. The lowest BCUT2D eigenvalue weighted by molar-refractivity contribution is -0.148. The van der Waals surface area contributed by atoms with Crippen molar-refractivity contribution in [3.05, 3.63) is 42.9 Å². The monoisotopic (exact) mass is 397 g/mol. The fraction of sp³-hybridized carbons (Fsp3) is 0.294. The third-order valence-corrected chi connectivity index (χ3v) is 3.28. The highest BCUT2D eigenvalue weighted by atomic mass is 35.5. The summed E-state index contributed by atoms with van der Waals surface area (Å²) in [5.74, 6) is -0.827. The predicted molar refractivity (Wildman–Crippen MR) is 97.7 cm³/mol. The van der Waals surface area contributed by atoms with Crippen molar-refractivity contribution in [3.8, 4) is 11.5 Å². The van der Waals surface area contributed by atoms with Gasteiger partial charge in [-0.05, 0) is 32.9 Å². The van der Waals surface area contributed by atoms with Crippen LogP contribution in [0.15, 0.2) is 47.4 Å². The maximum atomic E-state index is 12.3. The molecule has 0 saturated heterocycles. The Labute approximate surface area is 160 Å².